The summed E-state index contributed by atoms with van der Waals surface area (Å²) in [4.78, 5) is 26.5. The number of aliphatic carboxylic acids is 1. The van der Waals surface area contributed by atoms with Crippen molar-refractivity contribution in [1.82, 2.24) is 5.01 Å². The molecule has 1 N–H and O–H groups in total. The second-order valence-corrected chi connectivity index (χ2v) is 5.58. The van der Waals surface area contributed by atoms with Gasteiger partial charge < -0.3 is 24.6 Å². The number of carboxylic acid groups (broad SMARTS) is 1. The molecule has 0 saturated heterocycles. The van der Waals surface area contributed by atoms with E-state index in [4.69, 9.17) is 9.84 Å². The number of hydrogen-bond acceptors (Lipinski definition) is 7. The highest BCUT2D eigenvalue weighted by Gasteiger charge is 2.38. The number of ether oxygens (including phenoxy) is 2. The van der Waals surface area contributed by atoms with Crippen LogP contribution in [0.3, 0.4) is 0 Å². The third-order valence-electron chi connectivity index (χ3n) is 2.34. The molecule has 0 rings (SSSR count). The smallest absolute Gasteiger partial charge is 0.511 e. The van der Waals surface area contributed by atoms with Crippen LogP contribution in [0.4, 0.5) is 4.79 Å². The molecule has 0 fully saturated rings. The van der Waals surface area contributed by atoms with Crippen LogP contribution in [0.1, 0.15) is 34.6 Å². The van der Waals surface area contributed by atoms with Gasteiger partial charge in [0.25, 0.3) is 6.79 Å². The van der Waals surface area contributed by atoms with Crippen LogP contribution >= 0.6 is 0 Å². The van der Waals surface area contributed by atoms with Crippen LogP contribution in [0, 0.1) is 5.21 Å². The summed E-state index contributed by atoms with van der Waals surface area (Å²) in [5.41, 5.74) is -2.20. The van der Waals surface area contributed by atoms with Gasteiger partial charge in [0.15, 0.2) is 5.54 Å². The fraction of sp³-hybridized carbons (Fsp3) is 0.818. The zero-order valence-electron chi connectivity index (χ0n) is 12.9. The molecule has 21 heavy (non-hydrogen) atoms. The van der Waals surface area contributed by atoms with Crippen LogP contribution in [-0.4, -0.2) is 52.2 Å². The predicted molar refractivity (Wildman–Crippen MR) is 68.8 cm³/mol. The van der Waals surface area contributed by atoms with E-state index >= 15 is 0 Å². The monoisotopic (exact) mass is 307 g/mol. The van der Waals surface area contributed by atoms with Gasteiger partial charge in [0.2, 0.25) is 5.28 Å². The summed E-state index contributed by atoms with van der Waals surface area (Å²) in [6, 6.07) is 0. The van der Waals surface area contributed by atoms with E-state index in [1.807, 2.05) is 0 Å². The Labute approximate surface area is 122 Å². The van der Waals surface area contributed by atoms with Gasteiger partial charge in [-0.15, -0.1) is 5.01 Å². The van der Waals surface area contributed by atoms with Gasteiger partial charge in [0.1, 0.15) is 5.60 Å². The lowest BCUT2D eigenvalue weighted by Crippen LogP contribution is -2.50. The third-order valence-corrected chi connectivity index (χ3v) is 2.34. The summed E-state index contributed by atoms with van der Waals surface area (Å²) < 4.78 is 9.32. The van der Waals surface area contributed by atoms with E-state index in [2.05, 4.69) is 14.9 Å². The Morgan fingerprint density at radius 3 is 2.24 bits per heavy atom. The summed E-state index contributed by atoms with van der Waals surface area (Å²) in [6.07, 6.45) is -0.977. The predicted octanol–water partition coefficient (Wildman–Crippen LogP) is 1.50. The fourth-order valence-corrected chi connectivity index (χ4v) is 0.834. The summed E-state index contributed by atoms with van der Waals surface area (Å²) in [7, 11) is 1.22. The molecule has 0 aliphatic rings. The van der Waals surface area contributed by atoms with Gasteiger partial charge in [0, 0.05) is 0 Å². The molecule has 10 nitrogen and oxygen atoms in total. The van der Waals surface area contributed by atoms with E-state index in [0.717, 1.165) is 5.01 Å². The van der Waals surface area contributed by atoms with Crippen molar-refractivity contribution >= 4 is 12.1 Å². The van der Waals surface area contributed by atoms with Crippen LogP contribution in [0.15, 0.2) is 5.28 Å². The maximum atomic E-state index is 11.5. The first-order valence-corrected chi connectivity index (χ1v) is 6.01. The van der Waals surface area contributed by atoms with Crippen molar-refractivity contribution in [2.75, 3.05) is 13.8 Å². The second-order valence-electron chi connectivity index (χ2n) is 5.58. The van der Waals surface area contributed by atoms with E-state index in [0.29, 0.717) is 0 Å². The molecule has 0 amide bonds. The van der Waals surface area contributed by atoms with Crippen molar-refractivity contribution in [3.8, 4) is 0 Å². The third kappa shape index (κ3) is 6.63. The average molecular weight is 307 g/mol. The van der Waals surface area contributed by atoms with E-state index in [1.54, 1.807) is 20.8 Å². The van der Waals surface area contributed by atoms with Crippen molar-refractivity contribution < 1.29 is 34.0 Å². The standard InChI is InChI=1S/C11H21N3O7/c1-10(2,3)21-9(17)19-7-20-12-14(18)13(6)11(4,5)8(15)16/h7H2,1-6H3,(H,15,16)/b14-12-. The maximum Gasteiger partial charge on any atom is 0.511 e. The molecular weight excluding hydrogens is 286 g/mol. The highest BCUT2D eigenvalue weighted by atomic mass is 16.8. The molecule has 0 aliphatic carbocycles. The second kappa shape index (κ2) is 6.95. The molecule has 122 valence electrons. The van der Waals surface area contributed by atoms with Gasteiger partial charge in [-0.05, 0) is 34.6 Å². The summed E-state index contributed by atoms with van der Waals surface area (Å²) >= 11 is 0. The molecule has 0 aromatic rings. The van der Waals surface area contributed by atoms with Crippen LogP contribution < -0.4 is 0 Å². The van der Waals surface area contributed by atoms with Crippen LogP contribution in [-0.2, 0) is 19.1 Å². The number of carbonyl (C=O) groups excluding carboxylic acids is 1. The number of hydrazine groups is 1. The minimum atomic E-state index is -1.49. The van der Waals surface area contributed by atoms with Crippen LogP contribution in [0.2, 0.25) is 0 Å². The summed E-state index contributed by atoms with van der Waals surface area (Å²) in [5.74, 6) is -1.22. The van der Waals surface area contributed by atoms with Gasteiger partial charge >= 0.3 is 12.1 Å². The van der Waals surface area contributed by atoms with Crippen molar-refractivity contribution in [1.29, 1.82) is 0 Å². The van der Waals surface area contributed by atoms with Gasteiger partial charge in [-0.3, -0.25) is 0 Å². The van der Waals surface area contributed by atoms with Crippen molar-refractivity contribution in [2.45, 2.75) is 45.8 Å². The SMILES string of the molecule is CN(/[N+]([O-])=N/OCOC(=O)OC(C)(C)C)C(C)(C)C(=O)O. The van der Waals surface area contributed by atoms with E-state index in [1.165, 1.54) is 20.9 Å². The molecule has 10 heteroatoms. The van der Waals surface area contributed by atoms with Crippen molar-refractivity contribution in [3.05, 3.63) is 5.21 Å². The van der Waals surface area contributed by atoms with Gasteiger partial charge in [-0.25, -0.2) is 9.59 Å². The Morgan fingerprint density at radius 2 is 1.81 bits per heavy atom. The Hall–Kier alpha value is -2.26. The first-order chi connectivity index (χ1) is 9.38. The minimum absolute atomic E-state index is 0.0629. The van der Waals surface area contributed by atoms with Gasteiger partial charge in [0.05, 0.1) is 12.0 Å². The van der Waals surface area contributed by atoms with E-state index in [9.17, 15) is 14.8 Å². The fourth-order valence-electron chi connectivity index (χ4n) is 0.834. The number of carboxylic acids is 1. The molecule has 0 heterocycles. The lowest BCUT2D eigenvalue weighted by molar-refractivity contribution is -0.718. The zero-order valence-corrected chi connectivity index (χ0v) is 12.9. The summed E-state index contributed by atoms with van der Waals surface area (Å²) in [5, 5.41) is 24.3. The normalized spacial score (nSPS) is 12.6. The highest BCUT2D eigenvalue weighted by molar-refractivity contribution is 5.77. The number of carbonyl (C=O) groups is 2. The van der Waals surface area contributed by atoms with Crippen LogP contribution in [0.25, 0.3) is 0 Å². The Balaban J connectivity index is 4.32. The largest absolute Gasteiger partial charge is 0.569 e. The topological polar surface area (TPSA) is 124 Å². The van der Waals surface area contributed by atoms with Crippen LogP contribution in [0.5, 0.6) is 0 Å². The Kier molecular flexibility index (Phi) is 6.20. The number of likely N-dealkylation sites (N-methyl/N-ethyl adjacent to an activating group) is 1. The molecule has 0 radical (unpaired) electrons. The lowest BCUT2D eigenvalue weighted by atomic mass is 10.1. The molecule has 0 aromatic heterocycles. The zero-order chi connectivity index (χ0) is 16.8. The van der Waals surface area contributed by atoms with E-state index in [-0.39, 0.29) is 4.97 Å². The molecule has 0 atom stereocenters. The van der Waals surface area contributed by atoms with E-state index < -0.39 is 30.1 Å². The summed E-state index contributed by atoms with van der Waals surface area (Å²) in [6.45, 7) is 6.94. The first kappa shape index (κ1) is 18.7. The Morgan fingerprint density at radius 1 is 1.29 bits per heavy atom. The quantitative estimate of drug-likeness (QED) is 0.195. The first-order valence-electron chi connectivity index (χ1n) is 6.01. The molecule has 0 aliphatic heterocycles. The molecule has 0 unspecified atom stereocenters. The van der Waals surface area contributed by atoms with Gasteiger partial charge in [-0.2, -0.15) is 0 Å². The van der Waals surface area contributed by atoms with Crippen molar-refractivity contribution in [2.24, 2.45) is 5.28 Å². The lowest BCUT2D eigenvalue weighted by Gasteiger charge is -2.26. The highest BCUT2D eigenvalue weighted by Crippen LogP contribution is 2.12. The molecular formula is C11H21N3O7. The average Bonchev–Trinajstić information content (AvgIpc) is 2.30. The van der Waals surface area contributed by atoms with Gasteiger partial charge in [-0.1, -0.05) is 0 Å². The number of hydrogen-bond donors (Lipinski definition) is 1. The number of nitrogens with zero attached hydrogens (tertiary/aromatic N) is 3. The molecule has 0 bridgehead atoms. The molecule has 0 saturated carbocycles. The van der Waals surface area contributed by atoms with Crippen molar-refractivity contribution in [3.63, 3.8) is 0 Å². The Bertz CT molecular complexity index is 415. The molecule has 0 spiro atoms. The molecule has 0 aromatic carbocycles. The number of rotatable bonds is 6. The minimum Gasteiger partial charge on any atom is -0.569 e. The maximum absolute atomic E-state index is 11.5.